The van der Waals surface area contributed by atoms with Gasteiger partial charge in [0.05, 0.1) is 35.4 Å². The van der Waals surface area contributed by atoms with Crippen LogP contribution in [0.4, 0.5) is 27.5 Å². The first-order valence-corrected chi connectivity index (χ1v) is 22.5. The molecule has 2 aliphatic carbocycles. The third-order valence-corrected chi connectivity index (χ3v) is 12.1. The van der Waals surface area contributed by atoms with Gasteiger partial charge in [-0.25, -0.2) is 4.79 Å². The van der Waals surface area contributed by atoms with Crippen molar-refractivity contribution in [3.8, 4) is 11.5 Å². The Labute approximate surface area is 350 Å². The molecule has 4 aromatic carbocycles. The van der Waals surface area contributed by atoms with Crippen LogP contribution in [-0.4, -0.2) is 95.1 Å². The first-order chi connectivity index (χ1) is 28.9. The zero-order chi connectivity index (χ0) is 45.5. The van der Waals surface area contributed by atoms with Crippen LogP contribution in [0.1, 0.15) is 31.8 Å². The third kappa shape index (κ3) is 9.53. The second-order valence-electron chi connectivity index (χ2n) is 12.6. The molecule has 23 nitrogen and oxygen atoms in total. The monoisotopic (exact) mass is 932 g/mol. The maximum atomic E-state index is 13.5. The highest BCUT2D eigenvalue weighted by Gasteiger charge is 2.35. The molecule has 0 saturated carbocycles. The highest BCUT2D eigenvalue weighted by atomic mass is 32.2. The zero-order valence-electron chi connectivity index (χ0n) is 31.2. The summed E-state index contributed by atoms with van der Waals surface area (Å²) < 4.78 is 144. The molecule has 0 spiro atoms. The average Bonchev–Trinajstić information content (AvgIpc) is 3.18. The fourth-order valence-electron chi connectivity index (χ4n) is 5.81. The largest absolute Gasteiger partial charge is 0.494 e. The van der Waals surface area contributed by atoms with Crippen molar-refractivity contribution in [1.29, 1.82) is 0 Å². The van der Waals surface area contributed by atoms with Gasteiger partial charge in [0.1, 0.15) is 21.3 Å². The Hall–Kier alpha value is -6.85. The molecule has 0 unspecified atom stereocenters. The van der Waals surface area contributed by atoms with Crippen LogP contribution in [0.3, 0.4) is 0 Å². The lowest BCUT2D eigenvalue weighted by Gasteiger charge is -2.18. The van der Waals surface area contributed by atoms with E-state index in [0.29, 0.717) is 0 Å². The van der Waals surface area contributed by atoms with E-state index in [9.17, 15) is 66.3 Å². The molecule has 4 aromatic rings. The molecule has 324 valence electrons. The normalized spacial score (nSPS) is 15.5. The number of benzene rings is 4. The molecule has 0 bridgehead atoms. The van der Waals surface area contributed by atoms with Gasteiger partial charge in [0.25, 0.3) is 40.5 Å². The van der Waals surface area contributed by atoms with Gasteiger partial charge in [0, 0.05) is 34.6 Å². The summed E-state index contributed by atoms with van der Waals surface area (Å²) in [7, 11) is -17.2. The summed E-state index contributed by atoms with van der Waals surface area (Å²) in [5.74, 6) is -2.34. The third-order valence-electron chi connectivity index (χ3n) is 8.65. The Balaban J connectivity index is 1.22. The van der Waals surface area contributed by atoms with Crippen molar-refractivity contribution in [1.82, 2.24) is 0 Å². The molecule has 0 saturated heterocycles. The second kappa shape index (κ2) is 16.5. The maximum absolute atomic E-state index is 13.5. The number of Topliss-reactive ketones (excluding diaryl/α,β-unsaturated/α-hetero) is 2. The Bertz CT molecular complexity index is 3000. The number of allylic oxidation sites excluding steroid dienone is 2. The number of anilines is 4. The van der Waals surface area contributed by atoms with E-state index in [1.165, 1.54) is 36.4 Å². The van der Waals surface area contributed by atoms with E-state index in [0.717, 1.165) is 62.8 Å². The van der Waals surface area contributed by atoms with Crippen LogP contribution in [-0.2, 0) is 40.5 Å². The van der Waals surface area contributed by atoms with Gasteiger partial charge >= 0.3 is 6.03 Å². The van der Waals surface area contributed by atoms with E-state index in [-0.39, 0.29) is 56.5 Å². The van der Waals surface area contributed by atoms with Crippen molar-refractivity contribution < 1.29 is 75.7 Å². The van der Waals surface area contributed by atoms with Gasteiger partial charge in [-0.05, 0) is 83.9 Å². The summed E-state index contributed by atoms with van der Waals surface area (Å²) in [5.41, 5.74) is 2.67. The molecule has 0 atom stereocenters. The summed E-state index contributed by atoms with van der Waals surface area (Å²) >= 11 is 0. The van der Waals surface area contributed by atoms with Crippen LogP contribution in [0, 0.1) is 0 Å². The first kappa shape index (κ1) is 44.7. The van der Waals surface area contributed by atoms with E-state index in [1.807, 2.05) is 0 Å². The van der Waals surface area contributed by atoms with Crippen molar-refractivity contribution in [2.75, 3.05) is 35.7 Å². The van der Waals surface area contributed by atoms with Crippen molar-refractivity contribution in [3.63, 3.8) is 0 Å². The van der Waals surface area contributed by atoms with Crippen LogP contribution < -0.4 is 31.0 Å². The van der Waals surface area contributed by atoms with E-state index in [2.05, 4.69) is 31.7 Å². The first-order valence-electron chi connectivity index (χ1n) is 16.7. The number of carbonyl (C=O) groups excluding carboxylic acids is 3. The van der Waals surface area contributed by atoms with Crippen LogP contribution in [0.2, 0.25) is 0 Å². The Morgan fingerprint density at radius 1 is 0.532 bits per heavy atom. The van der Waals surface area contributed by atoms with Crippen molar-refractivity contribution in [3.05, 3.63) is 105 Å². The number of ether oxygens (including phenoxy) is 2. The van der Waals surface area contributed by atoms with Gasteiger partial charge < -0.3 is 20.1 Å². The summed E-state index contributed by atoms with van der Waals surface area (Å²) in [6.07, 6.45) is 1.80. The maximum Gasteiger partial charge on any atom is 0.323 e. The van der Waals surface area contributed by atoms with E-state index in [4.69, 9.17) is 9.47 Å². The SMILES string of the molecule is COc1cc(S(=O)(=O)O)ccc1N/N=C1/C(=O)c2ccc(NC(=O)Nc3ccc4c(c3)C=C(S(=O)(=O)O)/C(=N\Nc3ccc(S(=O)(=O)O)cc3OC)C4=O)cc2C=C1S(=O)(=O)O. The molecular formula is C35H28N6O17S4. The van der Waals surface area contributed by atoms with Gasteiger partial charge in [0.15, 0.2) is 11.4 Å². The van der Waals surface area contributed by atoms with Crippen LogP contribution in [0.25, 0.3) is 12.2 Å². The summed E-state index contributed by atoms with van der Waals surface area (Å²) in [6, 6.07) is 12.4. The molecule has 2 aliphatic rings. The molecule has 0 heterocycles. The van der Waals surface area contributed by atoms with Gasteiger partial charge in [0.2, 0.25) is 11.6 Å². The van der Waals surface area contributed by atoms with Crippen LogP contribution in [0.5, 0.6) is 11.5 Å². The summed E-state index contributed by atoms with van der Waals surface area (Å²) in [5, 5.41) is 12.6. The minimum Gasteiger partial charge on any atom is -0.494 e. The second-order valence-corrected chi connectivity index (χ2v) is 18.3. The van der Waals surface area contributed by atoms with Crippen LogP contribution >= 0.6 is 0 Å². The number of ketones is 2. The molecule has 0 aromatic heterocycles. The quantitative estimate of drug-likeness (QED) is 0.0742. The number of rotatable bonds is 12. The predicted octanol–water partition coefficient (Wildman–Crippen LogP) is 3.63. The van der Waals surface area contributed by atoms with Gasteiger partial charge in [-0.3, -0.25) is 38.7 Å². The minimum absolute atomic E-state index is 0.00136. The topological polar surface area (TPSA) is 360 Å². The Morgan fingerprint density at radius 2 is 0.903 bits per heavy atom. The molecule has 27 heteroatoms. The number of nitrogens with zero attached hydrogens (tertiary/aromatic N) is 2. The molecular weight excluding hydrogens is 905 g/mol. The zero-order valence-corrected chi connectivity index (χ0v) is 34.5. The van der Waals surface area contributed by atoms with Crippen molar-refractivity contribution in [2.24, 2.45) is 10.2 Å². The molecule has 6 rings (SSSR count). The molecule has 0 fully saturated rings. The number of hydrazone groups is 2. The molecule has 62 heavy (non-hydrogen) atoms. The lowest BCUT2D eigenvalue weighted by atomic mass is 9.94. The lowest BCUT2D eigenvalue weighted by Crippen LogP contribution is -2.27. The number of hydrogen-bond donors (Lipinski definition) is 8. The lowest BCUT2D eigenvalue weighted by molar-refractivity contribution is 0.105. The van der Waals surface area contributed by atoms with Crippen LogP contribution in [0.15, 0.2) is 103 Å². The molecule has 0 radical (unpaired) electrons. The summed E-state index contributed by atoms with van der Waals surface area (Å²) in [4.78, 5) is 37.0. The number of fused-ring (bicyclic) bond motifs is 2. The Morgan fingerprint density at radius 3 is 1.23 bits per heavy atom. The number of hydrogen-bond acceptors (Lipinski definition) is 17. The number of nitrogens with one attached hydrogen (secondary N) is 4. The number of urea groups is 1. The Kier molecular flexibility index (Phi) is 11.9. The smallest absolute Gasteiger partial charge is 0.323 e. The highest BCUT2D eigenvalue weighted by molar-refractivity contribution is 7.91. The highest BCUT2D eigenvalue weighted by Crippen LogP contribution is 2.33. The van der Waals surface area contributed by atoms with Crippen molar-refractivity contribution in [2.45, 2.75) is 9.79 Å². The summed E-state index contributed by atoms with van der Waals surface area (Å²) in [6.45, 7) is 0. The van der Waals surface area contributed by atoms with E-state index < -0.39 is 89.1 Å². The van der Waals surface area contributed by atoms with E-state index in [1.54, 1.807) is 0 Å². The van der Waals surface area contributed by atoms with Gasteiger partial charge in [-0.15, -0.1) is 0 Å². The predicted molar refractivity (Wildman–Crippen MR) is 221 cm³/mol. The van der Waals surface area contributed by atoms with E-state index >= 15 is 0 Å². The van der Waals surface area contributed by atoms with Gasteiger partial charge in [-0.1, -0.05) is 0 Å². The van der Waals surface area contributed by atoms with Crippen molar-refractivity contribution >= 4 is 104 Å². The van der Waals surface area contributed by atoms with Gasteiger partial charge in [-0.2, -0.15) is 43.9 Å². The fourth-order valence-corrected chi connectivity index (χ4v) is 8.12. The average molecular weight is 933 g/mol. The molecule has 8 N–H and O–H groups in total. The number of methoxy groups -OCH3 is 2. The number of carbonyl (C=O) groups is 3. The molecule has 2 amide bonds. The minimum atomic E-state index is -5.12. The fraction of sp³-hybridized carbons (Fsp3) is 0.0571. The standard InChI is InChI=1S/C35H28N6O17S4/c1-57-27-15-21(59(45,46)47)5-9-25(27)38-40-31-29(61(51,52)53)13-17-11-19(3-7-23(17)33(31)42)36-35(44)37-20-4-8-24-18(12-20)14-30(62(54,55)56)32(34(24)43)41-39-26-10-6-22(60(48,49)50)16-28(26)58-2/h3-16,38-39H,1-2H3,(H2,36,37,44)(H,45,46,47)(H,48,49,50)(H,51,52,53)(H,54,55,56)/b40-31+,41-32+. The number of amides is 2. The molecule has 0 aliphatic heterocycles.